The number of fused-ring (bicyclic) bond motifs is 1. The van der Waals surface area contributed by atoms with E-state index in [0.717, 1.165) is 5.56 Å². The van der Waals surface area contributed by atoms with Gasteiger partial charge in [0, 0.05) is 6.07 Å². The van der Waals surface area contributed by atoms with Crippen LogP contribution in [0.1, 0.15) is 5.56 Å². The molecule has 86 valence electrons. The third kappa shape index (κ3) is 1.93. The highest BCUT2D eigenvalue weighted by Gasteiger charge is 2.26. The van der Waals surface area contributed by atoms with Crippen molar-refractivity contribution < 1.29 is 19.4 Å². The van der Waals surface area contributed by atoms with Crippen LogP contribution in [0.5, 0.6) is 11.5 Å². The summed E-state index contributed by atoms with van der Waals surface area (Å²) in [5, 5.41) is 9.36. The van der Waals surface area contributed by atoms with E-state index < -0.39 is 11.9 Å². The first-order valence-electron chi connectivity index (χ1n) is 4.84. The standard InChI is InChI=1S/C11H11ClO4/c1-15-10-4-9-6(3-8(10)12)2-7(5-16-9)11(13)14/h3-4,7H,2,5H2,1H3,(H,13,14)/t7-/m1/s1. The lowest BCUT2D eigenvalue weighted by atomic mass is 9.97. The molecule has 1 aliphatic heterocycles. The van der Waals surface area contributed by atoms with Crippen molar-refractivity contribution >= 4 is 17.6 Å². The molecule has 1 atom stereocenters. The van der Waals surface area contributed by atoms with Gasteiger partial charge < -0.3 is 14.6 Å². The average Bonchev–Trinajstić information content (AvgIpc) is 2.27. The van der Waals surface area contributed by atoms with E-state index in [-0.39, 0.29) is 6.61 Å². The lowest BCUT2D eigenvalue weighted by Crippen LogP contribution is -2.27. The lowest BCUT2D eigenvalue weighted by Gasteiger charge is -2.23. The minimum absolute atomic E-state index is 0.188. The highest BCUT2D eigenvalue weighted by Crippen LogP contribution is 2.36. The fraction of sp³-hybridized carbons (Fsp3) is 0.364. The molecule has 0 fully saturated rings. The van der Waals surface area contributed by atoms with E-state index in [9.17, 15) is 4.79 Å². The molecule has 0 spiro atoms. The number of hydrogen-bond donors (Lipinski definition) is 1. The number of aliphatic carboxylic acids is 1. The summed E-state index contributed by atoms with van der Waals surface area (Å²) in [6, 6.07) is 3.39. The summed E-state index contributed by atoms with van der Waals surface area (Å²) >= 11 is 5.96. The summed E-state index contributed by atoms with van der Waals surface area (Å²) < 4.78 is 10.4. The second kappa shape index (κ2) is 4.22. The quantitative estimate of drug-likeness (QED) is 0.862. The monoisotopic (exact) mass is 242 g/mol. The fourth-order valence-electron chi connectivity index (χ4n) is 1.70. The summed E-state index contributed by atoms with van der Waals surface area (Å²) in [6.07, 6.45) is 0.439. The first-order chi connectivity index (χ1) is 7.61. The van der Waals surface area contributed by atoms with Crippen molar-refractivity contribution in [2.24, 2.45) is 5.92 Å². The summed E-state index contributed by atoms with van der Waals surface area (Å²) in [6.45, 7) is 0.188. The van der Waals surface area contributed by atoms with Crippen LogP contribution in [0.15, 0.2) is 12.1 Å². The van der Waals surface area contributed by atoms with Crippen molar-refractivity contribution in [3.05, 3.63) is 22.7 Å². The molecule has 1 aliphatic rings. The van der Waals surface area contributed by atoms with Crippen LogP contribution in [-0.2, 0) is 11.2 Å². The van der Waals surface area contributed by atoms with Crippen molar-refractivity contribution in [1.29, 1.82) is 0 Å². The van der Waals surface area contributed by atoms with Crippen LogP contribution >= 0.6 is 11.6 Å². The van der Waals surface area contributed by atoms with Crippen LogP contribution in [-0.4, -0.2) is 24.8 Å². The summed E-state index contributed by atoms with van der Waals surface area (Å²) in [5.41, 5.74) is 0.810. The van der Waals surface area contributed by atoms with Crippen LogP contribution in [0.3, 0.4) is 0 Å². The number of rotatable bonds is 2. The second-order valence-corrected chi connectivity index (χ2v) is 4.05. The Kier molecular flexibility index (Phi) is 2.92. The number of hydrogen-bond acceptors (Lipinski definition) is 3. The normalized spacial score (nSPS) is 18.5. The summed E-state index contributed by atoms with van der Waals surface area (Å²) in [5.74, 6) is -0.164. The van der Waals surface area contributed by atoms with E-state index in [4.69, 9.17) is 26.2 Å². The summed E-state index contributed by atoms with van der Waals surface area (Å²) in [7, 11) is 1.52. The molecular weight excluding hydrogens is 232 g/mol. The van der Waals surface area contributed by atoms with Gasteiger partial charge in [-0.2, -0.15) is 0 Å². The number of halogens is 1. The van der Waals surface area contributed by atoms with Crippen molar-refractivity contribution in [3.63, 3.8) is 0 Å². The van der Waals surface area contributed by atoms with Crippen LogP contribution in [0.25, 0.3) is 0 Å². The molecule has 0 bridgehead atoms. The maximum absolute atomic E-state index is 10.8. The molecule has 1 N–H and O–H groups in total. The number of benzene rings is 1. The Morgan fingerprint density at radius 1 is 1.62 bits per heavy atom. The molecule has 4 nitrogen and oxygen atoms in total. The minimum atomic E-state index is -0.849. The largest absolute Gasteiger partial charge is 0.495 e. The van der Waals surface area contributed by atoms with Gasteiger partial charge >= 0.3 is 5.97 Å². The molecule has 2 rings (SSSR count). The second-order valence-electron chi connectivity index (χ2n) is 3.64. The van der Waals surface area contributed by atoms with Crippen LogP contribution in [0.2, 0.25) is 5.02 Å². The van der Waals surface area contributed by atoms with Gasteiger partial charge in [0.1, 0.15) is 18.1 Å². The molecule has 16 heavy (non-hydrogen) atoms. The average molecular weight is 243 g/mol. The molecule has 1 aromatic rings. The van der Waals surface area contributed by atoms with Crippen molar-refractivity contribution in [3.8, 4) is 11.5 Å². The number of ether oxygens (including phenoxy) is 2. The molecule has 0 saturated heterocycles. The summed E-state index contributed by atoms with van der Waals surface area (Å²) in [4.78, 5) is 10.8. The third-order valence-corrected chi connectivity index (χ3v) is 2.89. The Balaban J connectivity index is 2.33. The van der Waals surface area contributed by atoms with Gasteiger partial charge in [-0.3, -0.25) is 4.79 Å². The SMILES string of the molecule is COc1cc2c(cc1Cl)C[C@@H](C(=O)O)CO2. The van der Waals surface area contributed by atoms with E-state index in [1.165, 1.54) is 7.11 Å². The number of methoxy groups -OCH3 is 1. The number of carbonyl (C=O) groups is 1. The molecule has 0 amide bonds. The highest BCUT2D eigenvalue weighted by atomic mass is 35.5. The molecule has 0 unspecified atom stereocenters. The predicted molar refractivity (Wildman–Crippen MR) is 58.3 cm³/mol. The van der Waals surface area contributed by atoms with E-state index in [1.54, 1.807) is 12.1 Å². The Bertz CT molecular complexity index is 430. The zero-order chi connectivity index (χ0) is 11.7. The van der Waals surface area contributed by atoms with E-state index in [1.807, 2.05) is 0 Å². The predicted octanol–water partition coefficient (Wildman–Crippen LogP) is 1.98. The Hall–Kier alpha value is -1.42. The Morgan fingerprint density at radius 3 is 3.00 bits per heavy atom. The van der Waals surface area contributed by atoms with Crippen molar-refractivity contribution in [2.45, 2.75) is 6.42 Å². The van der Waals surface area contributed by atoms with Gasteiger partial charge in [-0.1, -0.05) is 11.6 Å². The molecule has 1 aromatic carbocycles. The van der Waals surface area contributed by atoms with E-state index >= 15 is 0 Å². The van der Waals surface area contributed by atoms with Gasteiger partial charge in [-0.05, 0) is 18.1 Å². The van der Waals surface area contributed by atoms with Crippen molar-refractivity contribution in [2.75, 3.05) is 13.7 Å². The highest BCUT2D eigenvalue weighted by molar-refractivity contribution is 6.32. The molecule has 0 saturated carbocycles. The topological polar surface area (TPSA) is 55.8 Å². The van der Waals surface area contributed by atoms with E-state index in [0.29, 0.717) is 22.9 Å². The Labute approximate surface area is 97.7 Å². The molecule has 1 heterocycles. The lowest BCUT2D eigenvalue weighted by molar-refractivity contribution is -0.143. The Morgan fingerprint density at radius 2 is 2.38 bits per heavy atom. The molecule has 0 aromatic heterocycles. The van der Waals surface area contributed by atoms with Gasteiger partial charge in [0.25, 0.3) is 0 Å². The molecular formula is C11H11ClO4. The van der Waals surface area contributed by atoms with Crippen LogP contribution in [0, 0.1) is 5.92 Å². The zero-order valence-corrected chi connectivity index (χ0v) is 9.45. The first-order valence-corrected chi connectivity index (χ1v) is 5.21. The zero-order valence-electron chi connectivity index (χ0n) is 8.70. The van der Waals surface area contributed by atoms with Gasteiger partial charge in [0.05, 0.1) is 18.1 Å². The van der Waals surface area contributed by atoms with Gasteiger partial charge in [-0.25, -0.2) is 0 Å². The third-order valence-electron chi connectivity index (χ3n) is 2.59. The maximum Gasteiger partial charge on any atom is 0.310 e. The number of carboxylic acid groups (broad SMARTS) is 1. The van der Waals surface area contributed by atoms with Crippen LogP contribution in [0.4, 0.5) is 0 Å². The van der Waals surface area contributed by atoms with Gasteiger partial charge in [0.15, 0.2) is 0 Å². The van der Waals surface area contributed by atoms with Gasteiger partial charge in [-0.15, -0.1) is 0 Å². The van der Waals surface area contributed by atoms with Crippen LogP contribution < -0.4 is 9.47 Å². The smallest absolute Gasteiger partial charge is 0.310 e. The number of carboxylic acids is 1. The van der Waals surface area contributed by atoms with Gasteiger partial charge in [0.2, 0.25) is 0 Å². The molecule has 5 heteroatoms. The maximum atomic E-state index is 10.8. The molecule has 0 aliphatic carbocycles. The van der Waals surface area contributed by atoms with Crippen molar-refractivity contribution in [1.82, 2.24) is 0 Å². The minimum Gasteiger partial charge on any atom is -0.495 e. The molecule has 0 radical (unpaired) electrons. The first kappa shape index (κ1) is 11.1. The fourth-order valence-corrected chi connectivity index (χ4v) is 1.96. The van der Waals surface area contributed by atoms with E-state index in [2.05, 4.69) is 0 Å².